The maximum absolute atomic E-state index is 12.3. The van der Waals surface area contributed by atoms with E-state index in [1.807, 2.05) is 0 Å². The first-order chi connectivity index (χ1) is 13.9. The van der Waals surface area contributed by atoms with Gasteiger partial charge in [-0.25, -0.2) is 0 Å². The van der Waals surface area contributed by atoms with Gasteiger partial charge in [0.25, 0.3) is 11.6 Å². The highest BCUT2D eigenvalue weighted by atomic mass is 32.1. The molecular formula is C20H23N3O5S. The second kappa shape index (κ2) is 11.0. The fourth-order valence-corrected chi connectivity index (χ4v) is 2.67. The first-order valence-electron chi connectivity index (χ1n) is 9.12. The van der Waals surface area contributed by atoms with Crippen LogP contribution in [0, 0.1) is 10.1 Å². The lowest BCUT2D eigenvalue weighted by atomic mass is 10.2. The summed E-state index contributed by atoms with van der Waals surface area (Å²) in [6.45, 7) is 2.76. The molecule has 0 heterocycles. The summed E-state index contributed by atoms with van der Waals surface area (Å²) in [5.41, 5.74) is 0.321. The Labute approximate surface area is 174 Å². The monoisotopic (exact) mass is 417 g/mol. The van der Waals surface area contributed by atoms with E-state index in [-0.39, 0.29) is 16.5 Å². The Balaban J connectivity index is 1.95. The highest BCUT2D eigenvalue weighted by molar-refractivity contribution is 7.80. The van der Waals surface area contributed by atoms with Crippen LogP contribution in [0.15, 0.2) is 42.5 Å². The van der Waals surface area contributed by atoms with Gasteiger partial charge >= 0.3 is 0 Å². The van der Waals surface area contributed by atoms with Crippen molar-refractivity contribution in [2.45, 2.75) is 26.2 Å². The number of hydrogen-bond acceptors (Lipinski definition) is 6. The molecule has 0 aliphatic heterocycles. The van der Waals surface area contributed by atoms with Crippen LogP contribution in [0.1, 0.15) is 36.5 Å². The number of nitrogens with zero attached hydrogens (tertiary/aromatic N) is 1. The fourth-order valence-electron chi connectivity index (χ4n) is 2.47. The third kappa shape index (κ3) is 6.72. The molecule has 0 fully saturated rings. The molecule has 0 atom stereocenters. The topological polar surface area (TPSA) is 103 Å². The molecule has 0 saturated carbocycles. The number of nitrogens with one attached hydrogen (secondary N) is 2. The number of hydrogen-bond donors (Lipinski definition) is 2. The lowest BCUT2D eigenvalue weighted by Gasteiger charge is -2.11. The van der Waals surface area contributed by atoms with Crippen molar-refractivity contribution >= 4 is 34.6 Å². The van der Waals surface area contributed by atoms with Crippen molar-refractivity contribution in [1.82, 2.24) is 5.32 Å². The van der Waals surface area contributed by atoms with Crippen LogP contribution in [0.3, 0.4) is 0 Å². The van der Waals surface area contributed by atoms with Crippen molar-refractivity contribution in [3.63, 3.8) is 0 Å². The molecule has 9 heteroatoms. The molecule has 0 unspecified atom stereocenters. The Bertz CT molecular complexity index is 871. The third-order valence-electron chi connectivity index (χ3n) is 4.01. The van der Waals surface area contributed by atoms with Gasteiger partial charge in [0.15, 0.2) is 5.11 Å². The van der Waals surface area contributed by atoms with Crippen LogP contribution >= 0.6 is 12.2 Å². The van der Waals surface area contributed by atoms with Gasteiger partial charge in [0, 0.05) is 5.56 Å². The molecular weight excluding hydrogens is 394 g/mol. The second-order valence-electron chi connectivity index (χ2n) is 6.13. The van der Waals surface area contributed by atoms with Gasteiger partial charge in [-0.15, -0.1) is 0 Å². The molecule has 29 heavy (non-hydrogen) atoms. The highest BCUT2D eigenvalue weighted by Crippen LogP contribution is 2.28. The zero-order valence-electron chi connectivity index (χ0n) is 16.3. The molecule has 8 nitrogen and oxygen atoms in total. The zero-order chi connectivity index (χ0) is 21.2. The summed E-state index contributed by atoms with van der Waals surface area (Å²) in [5.74, 6) is 0.595. The molecule has 0 radical (unpaired) electrons. The van der Waals surface area contributed by atoms with E-state index in [1.165, 1.54) is 19.2 Å². The molecule has 0 aliphatic carbocycles. The Hall–Kier alpha value is -3.20. The average Bonchev–Trinajstić information content (AvgIpc) is 2.71. The van der Waals surface area contributed by atoms with Crippen LogP contribution in [-0.2, 0) is 0 Å². The number of nitro benzene ring substituents is 1. The molecule has 0 saturated heterocycles. The number of carbonyl (C=O) groups is 1. The number of benzene rings is 2. The normalized spacial score (nSPS) is 10.1. The molecule has 2 aromatic rings. The molecule has 0 aromatic heterocycles. The van der Waals surface area contributed by atoms with Crippen molar-refractivity contribution in [2.24, 2.45) is 0 Å². The van der Waals surface area contributed by atoms with E-state index in [2.05, 4.69) is 17.6 Å². The number of rotatable bonds is 9. The number of nitro groups is 1. The van der Waals surface area contributed by atoms with Crippen LogP contribution in [0.25, 0.3) is 0 Å². The second-order valence-corrected chi connectivity index (χ2v) is 6.54. The van der Waals surface area contributed by atoms with E-state index in [4.69, 9.17) is 21.7 Å². The lowest BCUT2D eigenvalue weighted by Crippen LogP contribution is -2.34. The van der Waals surface area contributed by atoms with Crippen molar-refractivity contribution in [2.75, 3.05) is 19.0 Å². The van der Waals surface area contributed by atoms with Gasteiger partial charge in [0.1, 0.15) is 17.2 Å². The molecule has 2 rings (SSSR count). The molecule has 0 spiro atoms. The van der Waals surface area contributed by atoms with Crippen molar-refractivity contribution in [3.05, 3.63) is 58.1 Å². The van der Waals surface area contributed by atoms with Crippen molar-refractivity contribution in [1.29, 1.82) is 0 Å². The zero-order valence-corrected chi connectivity index (χ0v) is 17.1. The van der Waals surface area contributed by atoms with Gasteiger partial charge in [0.05, 0.1) is 24.7 Å². The standard InChI is InChI=1S/C20H23N3O5S/c1-3-4-5-12-28-15-8-6-14(7-9-15)19(24)22-20(29)21-17-11-10-16(27-2)13-18(17)23(25)26/h6-11,13H,3-5,12H2,1-2H3,(H2,21,22,24,29). The summed E-state index contributed by atoms with van der Waals surface area (Å²) >= 11 is 5.11. The maximum atomic E-state index is 12.3. The van der Waals surface area contributed by atoms with E-state index in [9.17, 15) is 14.9 Å². The Morgan fingerprint density at radius 2 is 1.83 bits per heavy atom. The molecule has 2 aromatic carbocycles. The molecule has 0 aliphatic rings. The van der Waals surface area contributed by atoms with Crippen molar-refractivity contribution in [3.8, 4) is 11.5 Å². The van der Waals surface area contributed by atoms with Gasteiger partial charge in [-0.3, -0.25) is 20.2 Å². The number of carbonyl (C=O) groups excluding carboxylic acids is 1. The number of ether oxygens (including phenoxy) is 2. The first kappa shape index (κ1) is 22.1. The summed E-state index contributed by atoms with van der Waals surface area (Å²) in [6, 6.07) is 11.0. The van der Waals surface area contributed by atoms with Gasteiger partial charge in [-0.05, 0) is 55.0 Å². The van der Waals surface area contributed by atoms with Crippen LogP contribution in [0.4, 0.5) is 11.4 Å². The SMILES string of the molecule is CCCCCOc1ccc(C(=O)NC(=S)Nc2ccc(OC)cc2[N+](=O)[O-])cc1. The first-order valence-corrected chi connectivity index (χ1v) is 9.53. The predicted molar refractivity (Wildman–Crippen MR) is 115 cm³/mol. The fraction of sp³-hybridized carbons (Fsp3) is 0.300. The van der Waals surface area contributed by atoms with Gasteiger partial charge in [-0.1, -0.05) is 19.8 Å². The van der Waals surface area contributed by atoms with Gasteiger partial charge in [-0.2, -0.15) is 0 Å². The van der Waals surface area contributed by atoms with Gasteiger partial charge < -0.3 is 14.8 Å². The minimum Gasteiger partial charge on any atom is -0.496 e. The molecule has 1 amide bonds. The Morgan fingerprint density at radius 3 is 2.45 bits per heavy atom. The number of amides is 1. The molecule has 0 bridgehead atoms. The summed E-state index contributed by atoms with van der Waals surface area (Å²) in [5, 5.41) is 16.4. The summed E-state index contributed by atoms with van der Waals surface area (Å²) in [4.78, 5) is 23.0. The van der Waals surface area contributed by atoms with E-state index in [0.717, 1.165) is 19.3 Å². The minimum absolute atomic E-state index is 0.0526. The van der Waals surface area contributed by atoms with E-state index in [1.54, 1.807) is 30.3 Å². The van der Waals surface area contributed by atoms with Crippen LogP contribution in [0.5, 0.6) is 11.5 Å². The number of methoxy groups -OCH3 is 1. The van der Waals surface area contributed by atoms with E-state index < -0.39 is 10.8 Å². The van der Waals surface area contributed by atoms with Crippen LogP contribution in [-0.4, -0.2) is 29.7 Å². The number of thiocarbonyl (C=S) groups is 1. The Kier molecular flexibility index (Phi) is 8.35. The van der Waals surface area contributed by atoms with E-state index >= 15 is 0 Å². The molecule has 154 valence electrons. The summed E-state index contributed by atoms with van der Waals surface area (Å²) < 4.78 is 10.6. The maximum Gasteiger partial charge on any atom is 0.296 e. The lowest BCUT2D eigenvalue weighted by molar-refractivity contribution is -0.384. The van der Waals surface area contributed by atoms with Crippen LogP contribution in [0.2, 0.25) is 0 Å². The number of anilines is 1. The largest absolute Gasteiger partial charge is 0.496 e. The number of unbranched alkanes of at least 4 members (excludes halogenated alkanes) is 2. The molecule has 2 N–H and O–H groups in total. The van der Waals surface area contributed by atoms with Gasteiger partial charge in [0.2, 0.25) is 0 Å². The summed E-state index contributed by atoms with van der Waals surface area (Å²) in [7, 11) is 1.42. The van der Waals surface area contributed by atoms with Crippen LogP contribution < -0.4 is 20.1 Å². The highest BCUT2D eigenvalue weighted by Gasteiger charge is 2.17. The predicted octanol–water partition coefficient (Wildman–Crippen LogP) is 4.30. The van der Waals surface area contributed by atoms with Crippen molar-refractivity contribution < 1.29 is 19.2 Å². The third-order valence-corrected chi connectivity index (χ3v) is 4.21. The average molecular weight is 417 g/mol. The quantitative estimate of drug-likeness (QED) is 0.271. The Morgan fingerprint density at radius 1 is 1.14 bits per heavy atom. The van der Waals surface area contributed by atoms with E-state index in [0.29, 0.717) is 23.7 Å². The minimum atomic E-state index is -0.561. The smallest absolute Gasteiger partial charge is 0.296 e. The summed E-state index contributed by atoms with van der Waals surface area (Å²) in [6.07, 6.45) is 3.21.